The second-order valence-corrected chi connectivity index (χ2v) is 8.35. The minimum absolute atomic E-state index is 0.262. The van der Waals surface area contributed by atoms with Crippen molar-refractivity contribution in [3.63, 3.8) is 0 Å². The van der Waals surface area contributed by atoms with Crippen LogP contribution in [-0.2, 0) is 16.1 Å². The first-order chi connectivity index (χ1) is 13.9. The van der Waals surface area contributed by atoms with Crippen molar-refractivity contribution < 1.29 is 9.59 Å². The Bertz CT molecular complexity index is 1210. The van der Waals surface area contributed by atoms with Gasteiger partial charge in [-0.15, -0.1) is 0 Å². The van der Waals surface area contributed by atoms with E-state index < -0.39 is 0 Å². The van der Waals surface area contributed by atoms with Crippen LogP contribution < -0.4 is 5.32 Å². The van der Waals surface area contributed by atoms with Crippen LogP contribution in [-0.4, -0.2) is 21.5 Å². The number of para-hydroxylation sites is 1. The molecule has 2 amide bonds. The largest absolute Gasteiger partial charge is 0.342 e. The Morgan fingerprint density at radius 2 is 2.03 bits per heavy atom. The van der Waals surface area contributed by atoms with Gasteiger partial charge in [0.25, 0.3) is 5.91 Å². The van der Waals surface area contributed by atoms with Crippen molar-refractivity contribution in [2.75, 3.05) is 0 Å². The topological polar surface area (TPSA) is 63.5 Å². The molecule has 1 N–H and O–H groups in total. The number of benzene rings is 2. The number of aromatic nitrogens is 1. The van der Waals surface area contributed by atoms with Crippen molar-refractivity contribution in [3.05, 3.63) is 74.7 Å². The highest BCUT2D eigenvalue weighted by Gasteiger charge is 2.23. The molecular formula is C21H15Cl2N3O2S. The number of nitrogens with one attached hydrogen (secondary N) is 1. The van der Waals surface area contributed by atoms with Crippen molar-refractivity contribution in [2.45, 2.75) is 13.5 Å². The third-order valence-electron chi connectivity index (χ3n) is 4.37. The molecule has 0 bridgehead atoms. The summed E-state index contributed by atoms with van der Waals surface area (Å²) in [7, 11) is 0. The van der Waals surface area contributed by atoms with Crippen LogP contribution in [0.4, 0.5) is 0 Å². The number of hydrogen-bond donors (Lipinski definition) is 1. The standard InChI is InChI=1S/C21H15Cl2N3O2S/c1-12(27)24-21-25-20(28)19(29-21)8-14-11-26(18-5-3-2-4-16(14)18)10-13-6-7-15(22)9-17(13)23/h2-9,11H,10H2,1H3,(H,24,25,27,28)/b19-8+. The summed E-state index contributed by atoms with van der Waals surface area (Å²) in [5, 5.41) is 5.05. The summed E-state index contributed by atoms with van der Waals surface area (Å²) in [6.45, 7) is 1.94. The van der Waals surface area contributed by atoms with E-state index in [1.807, 2.05) is 42.6 Å². The first-order valence-electron chi connectivity index (χ1n) is 8.72. The first-order valence-corrected chi connectivity index (χ1v) is 10.3. The minimum atomic E-state index is -0.365. The fourth-order valence-corrected chi connectivity index (χ4v) is 4.43. The lowest BCUT2D eigenvalue weighted by Crippen LogP contribution is -2.23. The highest BCUT2D eigenvalue weighted by atomic mass is 35.5. The van der Waals surface area contributed by atoms with E-state index in [2.05, 4.69) is 14.9 Å². The second kappa shape index (κ2) is 8.06. The fraction of sp³-hybridized carbons (Fsp3) is 0.0952. The number of rotatable bonds is 3. The molecule has 0 atom stereocenters. The Balaban J connectivity index is 1.70. The summed E-state index contributed by atoms with van der Waals surface area (Å²) in [6, 6.07) is 13.4. The Labute approximate surface area is 181 Å². The number of carbonyl (C=O) groups is 2. The summed E-state index contributed by atoms with van der Waals surface area (Å²) in [4.78, 5) is 27.8. The van der Waals surface area contributed by atoms with Gasteiger partial charge in [0.05, 0.1) is 4.91 Å². The van der Waals surface area contributed by atoms with E-state index in [0.29, 0.717) is 26.7 Å². The van der Waals surface area contributed by atoms with Crippen LogP contribution in [0, 0.1) is 0 Å². The number of hydrogen-bond acceptors (Lipinski definition) is 3. The van der Waals surface area contributed by atoms with E-state index in [1.54, 1.807) is 12.1 Å². The lowest BCUT2D eigenvalue weighted by molar-refractivity contribution is -0.117. The number of carbonyl (C=O) groups excluding carboxylic acids is 2. The van der Waals surface area contributed by atoms with E-state index in [9.17, 15) is 9.59 Å². The molecule has 1 aliphatic heterocycles. The monoisotopic (exact) mass is 443 g/mol. The van der Waals surface area contributed by atoms with E-state index in [1.165, 1.54) is 6.92 Å². The molecule has 2 heterocycles. The molecular weight excluding hydrogens is 429 g/mol. The third kappa shape index (κ3) is 4.24. The van der Waals surface area contributed by atoms with Crippen LogP contribution in [0.1, 0.15) is 18.1 Å². The van der Waals surface area contributed by atoms with E-state index in [0.717, 1.165) is 33.8 Å². The molecule has 1 aliphatic rings. The number of thioether (sulfide) groups is 1. The van der Waals surface area contributed by atoms with Crippen LogP contribution in [0.25, 0.3) is 17.0 Å². The SMILES string of the molecule is CC(=O)NC1=NC(=O)/C(=C\c2cn(Cc3ccc(Cl)cc3Cl)c3ccccc23)S1. The lowest BCUT2D eigenvalue weighted by atomic mass is 10.1. The van der Waals surface area contributed by atoms with Gasteiger partial charge in [-0.3, -0.25) is 9.59 Å². The number of amides is 2. The normalized spacial score (nSPS) is 15.2. The molecule has 0 spiro atoms. The van der Waals surface area contributed by atoms with Crippen molar-refractivity contribution in [1.29, 1.82) is 0 Å². The molecule has 0 saturated carbocycles. The maximum absolute atomic E-state index is 12.2. The minimum Gasteiger partial charge on any atom is -0.342 e. The molecule has 0 aliphatic carbocycles. The molecule has 1 aromatic heterocycles. The third-order valence-corrected chi connectivity index (χ3v) is 5.85. The van der Waals surface area contributed by atoms with Gasteiger partial charge in [-0.2, -0.15) is 4.99 Å². The highest BCUT2D eigenvalue weighted by Crippen LogP contribution is 2.31. The van der Waals surface area contributed by atoms with Crippen LogP contribution in [0.3, 0.4) is 0 Å². The predicted molar refractivity (Wildman–Crippen MR) is 119 cm³/mol. The maximum atomic E-state index is 12.2. The van der Waals surface area contributed by atoms with Gasteiger partial charge in [0.2, 0.25) is 5.91 Å². The first kappa shape index (κ1) is 19.8. The van der Waals surface area contributed by atoms with Gasteiger partial charge in [0, 0.05) is 46.2 Å². The van der Waals surface area contributed by atoms with Crippen molar-refractivity contribution >= 4 is 68.9 Å². The van der Waals surface area contributed by atoms with Gasteiger partial charge in [0.15, 0.2) is 5.17 Å². The molecule has 5 nitrogen and oxygen atoms in total. The van der Waals surface area contributed by atoms with E-state index in [4.69, 9.17) is 23.2 Å². The number of fused-ring (bicyclic) bond motifs is 1. The van der Waals surface area contributed by atoms with Crippen LogP contribution in [0.2, 0.25) is 10.0 Å². The molecule has 146 valence electrons. The molecule has 0 radical (unpaired) electrons. The number of halogens is 2. The second-order valence-electron chi connectivity index (χ2n) is 6.48. The number of nitrogens with zero attached hydrogens (tertiary/aromatic N) is 2. The van der Waals surface area contributed by atoms with Crippen LogP contribution >= 0.6 is 35.0 Å². The van der Waals surface area contributed by atoms with Crippen LogP contribution in [0.15, 0.2) is 58.6 Å². The fourth-order valence-electron chi connectivity index (χ4n) is 3.11. The van der Waals surface area contributed by atoms with Crippen LogP contribution in [0.5, 0.6) is 0 Å². The van der Waals surface area contributed by atoms with Gasteiger partial charge < -0.3 is 9.88 Å². The maximum Gasteiger partial charge on any atom is 0.286 e. The predicted octanol–water partition coefficient (Wildman–Crippen LogP) is 5.10. The Hall–Kier alpha value is -2.54. The zero-order chi connectivity index (χ0) is 20.5. The van der Waals surface area contributed by atoms with Gasteiger partial charge >= 0.3 is 0 Å². The quantitative estimate of drug-likeness (QED) is 0.572. The highest BCUT2D eigenvalue weighted by molar-refractivity contribution is 8.18. The summed E-state index contributed by atoms with van der Waals surface area (Å²) >= 11 is 13.5. The Morgan fingerprint density at radius 3 is 2.79 bits per heavy atom. The molecule has 4 rings (SSSR count). The average Bonchev–Trinajstić information content (AvgIpc) is 3.18. The average molecular weight is 444 g/mol. The zero-order valence-electron chi connectivity index (χ0n) is 15.3. The van der Waals surface area contributed by atoms with Crippen molar-refractivity contribution in [3.8, 4) is 0 Å². The summed E-state index contributed by atoms with van der Waals surface area (Å²) in [5.74, 6) is -0.627. The molecule has 2 aromatic carbocycles. The molecule has 29 heavy (non-hydrogen) atoms. The summed E-state index contributed by atoms with van der Waals surface area (Å²) in [5.41, 5.74) is 2.85. The summed E-state index contributed by atoms with van der Waals surface area (Å²) < 4.78 is 2.08. The van der Waals surface area contributed by atoms with Gasteiger partial charge in [0.1, 0.15) is 0 Å². The summed E-state index contributed by atoms with van der Waals surface area (Å²) in [6.07, 6.45) is 3.78. The number of aliphatic imine (C=N–C) groups is 1. The Morgan fingerprint density at radius 1 is 1.24 bits per heavy atom. The molecule has 0 unspecified atom stereocenters. The lowest BCUT2D eigenvalue weighted by Gasteiger charge is -2.08. The molecule has 3 aromatic rings. The smallest absolute Gasteiger partial charge is 0.286 e. The molecule has 0 fully saturated rings. The molecule has 0 saturated heterocycles. The van der Waals surface area contributed by atoms with Crippen molar-refractivity contribution in [1.82, 2.24) is 9.88 Å². The number of amidine groups is 1. The van der Waals surface area contributed by atoms with E-state index >= 15 is 0 Å². The molecule has 8 heteroatoms. The van der Waals surface area contributed by atoms with Crippen molar-refractivity contribution in [2.24, 2.45) is 4.99 Å². The van der Waals surface area contributed by atoms with E-state index in [-0.39, 0.29) is 11.8 Å². The van der Waals surface area contributed by atoms with Gasteiger partial charge in [-0.25, -0.2) is 0 Å². The van der Waals surface area contributed by atoms with Gasteiger partial charge in [-0.1, -0.05) is 47.5 Å². The zero-order valence-corrected chi connectivity index (χ0v) is 17.6. The Kier molecular flexibility index (Phi) is 5.50. The van der Waals surface area contributed by atoms with Gasteiger partial charge in [-0.05, 0) is 41.6 Å².